The summed E-state index contributed by atoms with van der Waals surface area (Å²) in [5, 5.41) is 3.25. The smallest absolute Gasteiger partial charge is 0.219 e. The van der Waals surface area contributed by atoms with Crippen molar-refractivity contribution in [3.8, 4) is 11.6 Å². The first-order chi connectivity index (χ1) is 8.79. The molecule has 1 heterocycles. The van der Waals surface area contributed by atoms with E-state index in [0.717, 1.165) is 30.1 Å². The second-order valence-electron chi connectivity index (χ2n) is 4.12. The Labute approximate surface area is 108 Å². The van der Waals surface area contributed by atoms with E-state index >= 15 is 0 Å². The lowest BCUT2D eigenvalue weighted by Crippen LogP contribution is -2.12. The SMILES string of the molecule is CCNCc1cccc(Oc2ccccc2C)n1. The van der Waals surface area contributed by atoms with Gasteiger partial charge in [0.2, 0.25) is 5.88 Å². The molecule has 3 heteroatoms. The van der Waals surface area contributed by atoms with Crippen molar-refractivity contribution in [3.05, 3.63) is 53.7 Å². The highest BCUT2D eigenvalue weighted by molar-refractivity contribution is 5.35. The number of para-hydroxylation sites is 1. The summed E-state index contributed by atoms with van der Waals surface area (Å²) in [5.74, 6) is 1.49. The molecular formula is C15H18N2O. The van der Waals surface area contributed by atoms with Crippen LogP contribution in [0, 0.1) is 6.92 Å². The highest BCUT2D eigenvalue weighted by Gasteiger charge is 2.02. The fraction of sp³-hybridized carbons (Fsp3) is 0.267. The van der Waals surface area contributed by atoms with Gasteiger partial charge in [-0.05, 0) is 31.2 Å². The van der Waals surface area contributed by atoms with Crippen molar-refractivity contribution in [1.29, 1.82) is 0 Å². The first-order valence-electron chi connectivity index (χ1n) is 6.19. The Morgan fingerprint density at radius 3 is 2.72 bits per heavy atom. The largest absolute Gasteiger partial charge is 0.439 e. The van der Waals surface area contributed by atoms with E-state index in [1.165, 1.54) is 0 Å². The van der Waals surface area contributed by atoms with Gasteiger partial charge in [-0.15, -0.1) is 0 Å². The summed E-state index contributed by atoms with van der Waals surface area (Å²) >= 11 is 0. The molecule has 0 saturated carbocycles. The molecule has 0 atom stereocenters. The number of nitrogens with one attached hydrogen (secondary N) is 1. The average Bonchev–Trinajstić information content (AvgIpc) is 2.40. The predicted molar refractivity (Wildman–Crippen MR) is 72.9 cm³/mol. The van der Waals surface area contributed by atoms with E-state index in [2.05, 4.69) is 17.2 Å². The van der Waals surface area contributed by atoms with E-state index in [4.69, 9.17) is 4.74 Å². The van der Waals surface area contributed by atoms with Crippen LogP contribution in [0.1, 0.15) is 18.2 Å². The molecule has 0 fully saturated rings. The Morgan fingerprint density at radius 2 is 1.94 bits per heavy atom. The number of aryl methyl sites for hydroxylation is 1. The Bertz CT molecular complexity index is 511. The second-order valence-corrected chi connectivity index (χ2v) is 4.12. The van der Waals surface area contributed by atoms with Gasteiger partial charge in [-0.1, -0.05) is 31.2 Å². The summed E-state index contributed by atoms with van der Waals surface area (Å²) in [6.45, 7) is 5.80. The third-order valence-corrected chi connectivity index (χ3v) is 2.65. The standard InChI is InChI=1S/C15H18N2O/c1-3-16-11-13-8-6-10-15(17-13)18-14-9-5-4-7-12(14)2/h4-10,16H,3,11H2,1-2H3. The summed E-state index contributed by atoms with van der Waals surface area (Å²) in [7, 11) is 0. The van der Waals surface area contributed by atoms with Crippen molar-refractivity contribution < 1.29 is 4.74 Å². The lowest BCUT2D eigenvalue weighted by molar-refractivity contribution is 0.456. The van der Waals surface area contributed by atoms with Crippen LogP contribution in [-0.2, 0) is 6.54 Å². The van der Waals surface area contributed by atoms with Crippen LogP contribution in [-0.4, -0.2) is 11.5 Å². The van der Waals surface area contributed by atoms with E-state index in [1.54, 1.807) is 0 Å². The van der Waals surface area contributed by atoms with Crippen LogP contribution in [0.4, 0.5) is 0 Å². The first-order valence-corrected chi connectivity index (χ1v) is 6.19. The molecule has 0 unspecified atom stereocenters. The maximum Gasteiger partial charge on any atom is 0.219 e. The molecule has 0 spiro atoms. The van der Waals surface area contributed by atoms with Gasteiger partial charge in [0.15, 0.2) is 0 Å². The maximum atomic E-state index is 5.79. The Balaban J connectivity index is 2.12. The number of rotatable bonds is 5. The van der Waals surface area contributed by atoms with Crippen LogP contribution in [0.2, 0.25) is 0 Å². The molecule has 18 heavy (non-hydrogen) atoms. The summed E-state index contributed by atoms with van der Waals surface area (Å²) in [4.78, 5) is 4.46. The predicted octanol–water partition coefficient (Wildman–Crippen LogP) is 3.29. The Morgan fingerprint density at radius 1 is 1.11 bits per heavy atom. The van der Waals surface area contributed by atoms with Gasteiger partial charge in [0.1, 0.15) is 5.75 Å². The van der Waals surface area contributed by atoms with Crippen LogP contribution in [0.15, 0.2) is 42.5 Å². The number of hydrogen-bond acceptors (Lipinski definition) is 3. The number of ether oxygens (including phenoxy) is 1. The molecule has 0 aliphatic carbocycles. The van der Waals surface area contributed by atoms with E-state index in [1.807, 2.05) is 49.4 Å². The van der Waals surface area contributed by atoms with E-state index in [0.29, 0.717) is 5.88 Å². The lowest BCUT2D eigenvalue weighted by atomic mass is 10.2. The van der Waals surface area contributed by atoms with Crippen LogP contribution in [0.3, 0.4) is 0 Å². The monoisotopic (exact) mass is 242 g/mol. The summed E-state index contributed by atoms with van der Waals surface area (Å²) in [6, 6.07) is 13.8. The molecule has 1 N–H and O–H groups in total. The third kappa shape index (κ3) is 3.31. The molecule has 2 aromatic rings. The molecule has 0 bridgehead atoms. The van der Waals surface area contributed by atoms with Gasteiger partial charge < -0.3 is 10.1 Å². The fourth-order valence-corrected chi connectivity index (χ4v) is 1.65. The highest BCUT2D eigenvalue weighted by atomic mass is 16.5. The number of pyridine rings is 1. The zero-order valence-electron chi connectivity index (χ0n) is 10.8. The van der Waals surface area contributed by atoms with Crippen LogP contribution in [0.5, 0.6) is 11.6 Å². The van der Waals surface area contributed by atoms with Crippen molar-refractivity contribution in [3.63, 3.8) is 0 Å². The summed E-state index contributed by atoms with van der Waals surface area (Å²) < 4.78 is 5.79. The van der Waals surface area contributed by atoms with E-state index < -0.39 is 0 Å². The zero-order chi connectivity index (χ0) is 12.8. The van der Waals surface area contributed by atoms with Gasteiger partial charge in [-0.3, -0.25) is 0 Å². The molecule has 2 rings (SSSR count). The number of nitrogens with zero attached hydrogens (tertiary/aromatic N) is 1. The summed E-state index contributed by atoms with van der Waals surface area (Å²) in [5.41, 5.74) is 2.10. The van der Waals surface area contributed by atoms with Gasteiger partial charge in [-0.25, -0.2) is 4.98 Å². The van der Waals surface area contributed by atoms with Gasteiger partial charge in [0.05, 0.1) is 5.69 Å². The Hall–Kier alpha value is -1.87. The molecule has 0 aliphatic heterocycles. The van der Waals surface area contributed by atoms with Crippen molar-refractivity contribution >= 4 is 0 Å². The number of hydrogen-bond donors (Lipinski definition) is 1. The van der Waals surface area contributed by atoms with Gasteiger partial charge in [0, 0.05) is 12.6 Å². The molecule has 0 aliphatic rings. The second kappa shape index (κ2) is 6.17. The lowest BCUT2D eigenvalue weighted by Gasteiger charge is -2.08. The van der Waals surface area contributed by atoms with Gasteiger partial charge in [0.25, 0.3) is 0 Å². The van der Waals surface area contributed by atoms with Crippen molar-refractivity contribution in [2.75, 3.05) is 6.54 Å². The molecule has 1 aromatic heterocycles. The molecular weight excluding hydrogens is 224 g/mol. The molecule has 0 amide bonds. The van der Waals surface area contributed by atoms with Gasteiger partial charge >= 0.3 is 0 Å². The van der Waals surface area contributed by atoms with Crippen molar-refractivity contribution in [2.24, 2.45) is 0 Å². The zero-order valence-corrected chi connectivity index (χ0v) is 10.8. The quantitative estimate of drug-likeness (QED) is 0.873. The topological polar surface area (TPSA) is 34.1 Å². The number of benzene rings is 1. The fourth-order valence-electron chi connectivity index (χ4n) is 1.65. The van der Waals surface area contributed by atoms with Crippen molar-refractivity contribution in [1.82, 2.24) is 10.3 Å². The van der Waals surface area contributed by atoms with Crippen LogP contribution >= 0.6 is 0 Å². The van der Waals surface area contributed by atoms with Crippen LogP contribution in [0.25, 0.3) is 0 Å². The minimum atomic E-state index is 0.639. The van der Waals surface area contributed by atoms with Crippen molar-refractivity contribution in [2.45, 2.75) is 20.4 Å². The minimum absolute atomic E-state index is 0.639. The Kier molecular flexibility index (Phi) is 4.31. The number of aromatic nitrogens is 1. The highest BCUT2D eigenvalue weighted by Crippen LogP contribution is 2.22. The van der Waals surface area contributed by atoms with Gasteiger partial charge in [-0.2, -0.15) is 0 Å². The summed E-state index contributed by atoms with van der Waals surface area (Å²) in [6.07, 6.45) is 0. The molecule has 3 nitrogen and oxygen atoms in total. The molecule has 0 radical (unpaired) electrons. The third-order valence-electron chi connectivity index (χ3n) is 2.65. The maximum absolute atomic E-state index is 5.79. The van der Waals surface area contributed by atoms with Crippen LogP contribution < -0.4 is 10.1 Å². The molecule has 94 valence electrons. The average molecular weight is 242 g/mol. The molecule has 0 saturated heterocycles. The van der Waals surface area contributed by atoms with E-state index in [9.17, 15) is 0 Å². The molecule has 1 aromatic carbocycles. The normalized spacial score (nSPS) is 10.3. The minimum Gasteiger partial charge on any atom is -0.439 e. The first kappa shape index (κ1) is 12.6. The van der Waals surface area contributed by atoms with E-state index in [-0.39, 0.29) is 0 Å².